The van der Waals surface area contributed by atoms with Crippen molar-refractivity contribution in [3.05, 3.63) is 22.8 Å². The van der Waals surface area contributed by atoms with Crippen LogP contribution in [0.2, 0.25) is 4.47 Å². The highest BCUT2D eigenvalue weighted by molar-refractivity contribution is 7.18. The Hall–Kier alpha value is -1.20. The van der Waals surface area contributed by atoms with Gasteiger partial charge < -0.3 is 4.74 Å². The van der Waals surface area contributed by atoms with Crippen LogP contribution in [0, 0.1) is 0 Å². The first-order valence-electron chi connectivity index (χ1n) is 3.79. The summed E-state index contributed by atoms with van der Waals surface area (Å²) in [6.45, 7) is 0. The lowest BCUT2D eigenvalue weighted by Gasteiger charge is -1.98. The highest BCUT2D eigenvalue weighted by atomic mass is 35.5. The standard InChI is InChI=1S/C8H6ClN3OS/c1-13-6-4-5(2-3-10-6)7-11-12-8(9)14-7/h2-4H,1H3. The van der Waals surface area contributed by atoms with Gasteiger partial charge in [-0.1, -0.05) is 11.3 Å². The molecule has 0 unspecified atom stereocenters. The van der Waals surface area contributed by atoms with Crippen molar-refractivity contribution < 1.29 is 4.74 Å². The highest BCUT2D eigenvalue weighted by Gasteiger charge is 2.05. The molecule has 14 heavy (non-hydrogen) atoms. The lowest BCUT2D eigenvalue weighted by atomic mass is 10.3. The Morgan fingerprint density at radius 2 is 2.29 bits per heavy atom. The number of rotatable bonds is 2. The summed E-state index contributed by atoms with van der Waals surface area (Å²) < 4.78 is 5.42. The molecule has 2 aromatic rings. The smallest absolute Gasteiger partial charge is 0.213 e. The Morgan fingerprint density at radius 1 is 1.43 bits per heavy atom. The van der Waals surface area contributed by atoms with Crippen molar-refractivity contribution in [1.29, 1.82) is 0 Å². The van der Waals surface area contributed by atoms with Crippen LogP contribution in [0.15, 0.2) is 18.3 Å². The summed E-state index contributed by atoms with van der Waals surface area (Å²) in [7, 11) is 1.57. The third-order valence-electron chi connectivity index (χ3n) is 1.59. The van der Waals surface area contributed by atoms with Gasteiger partial charge in [-0.3, -0.25) is 0 Å². The van der Waals surface area contributed by atoms with Crippen LogP contribution in [0.4, 0.5) is 0 Å². The van der Waals surface area contributed by atoms with E-state index in [2.05, 4.69) is 15.2 Å². The van der Waals surface area contributed by atoms with Gasteiger partial charge in [0.1, 0.15) is 5.01 Å². The molecule has 72 valence electrons. The largest absolute Gasteiger partial charge is 0.481 e. The molecule has 0 bridgehead atoms. The van der Waals surface area contributed by atoms with Gasteiger partial charge in [-0.05, 0) is 17.7 Å². The van der Waals surface area contributed by atoms with Gasteiger partial charge in [0.05, 0.1) is 7.11 Å². The molecule has 0 aromatic carbocycles. The quantitative estimate of drug-likeness (QED) is 0.790. The maximum Gasteiger partial charge on any atom is 0.213 e. The fraction of sp³-hybridized carbons (Fsp3) is 0.125. The van der Waals surface area contributed by atoms with Crippen LogP contribution >= 0.6 is 22.9 Å². The Labute approximate surface area is 89.5 Å². The van der Waals surface area contributed by atoms with Crippen molar-refractivity contribution >= 4 is 22.9 Å². The minimum Gasteiger partial charge on any atom is -0.481 e. The Morgan fingerprint density at radius 3 is 2.93 bits per heavy atom. The number of ether oxygens (including phenoxy) is 1. The highest BCUT2D eigenvalue weighted by Crippen LogP contribution is 2.27. The summed E-state index contributed by atoms with van der Waals surface area (Å²) in [5.41, 5.74) is 0.904. The molecule has 2 aromatic heterocycles. The zero-order valence-electron chi connectivity index (χ0n) is 7.27. The van der Waals surface area contributed by atoms with Crippen LogP contribution in [-0.2, 0) is 0 Å². The van der Waals surface area contributed by atoms with Gasteiger partial charge >= 0.3 is 0 Å². The number of hydrogen-bond acceptors (Lipinski definition) is 5. The summed E-state index contributed by atoms with van der Waals surface area (Å²) >= 11 is 7.00. The predicted molar refractivity (Wildman–Crippen MR) is 54.7 cm³/mol. The molecule has 0 aliphatic heterocycles. The fourth-order valence-electron chi connectivity index (χ4n) is 0.976. The zero-order valence-corrected chi connectivity index (χ0v) is 8.84. The number of hydrogen-bond donors (Lipinski definition) is 0. The number of methoxy groups -OCH3 is 1. The van der Waals surface area contributed by atoms with E-state index in [0.717, 1.165) is 10.6 Å². The molecule has 4 nitrogen and oxygen atoms in total. The maximum atomic E-state index is 5.68. The third kappa shape index (κ3) is 1.83. The van der Waals surface area contributed by atoms with Gasteiger partial charge in [-0.15, -0.1) is 10.2 Å². The number of aromatic nitrogens is 3. The normalized spacial score (nSPS) is 10.1. The Kier molecular flexibility index (Phi) is 2.60. The van der Waals surface area contributed by atoms with E-state index in [1.165, 1.54) is 11.3 Å². The molecule has 2 rings (SSSR count). The lowest BCUT2D eigenvalue weighted by Crippen LogP contribution is -1.87. The molecule has 0 saturated heterocycles. The maximum absolute atomic E-state index is 5.68. The van der Waals surface area contributed by atoms with E-state index < -0.39 is 0 Å². The van der Waals surface area contributed by atoms with E-state index in [1.807, 2.05) is 6.07 Å². The molecule has 6 heteroatoms. The van der Waals surface area contributed by atoms with Crippen LogP contribution < -0.4 is 4.74 Å². The molecule has 0 amide bonds. The van der Waals surface area contributed by atoms with E-state index in [-0.39, 0.29) is 0 Å². The van der Waals surface area contributed by atoms with E-state index in [9.17, 15) is 0 Å². The lowest BCUT2D eigenvalue weighted by molar-refractivity contribution is 0.398. The van der Waals surface area contributed by atoms with Gasteiger partial charge in [-0.2, -0.15) is 0 Å². The molecule has 0 aliphatic rings. The van der Waals surface area contributed by atoms with Crippen molar-refractivity contribution in [2.45, 2.75) is 0 Å². The predicted octanol–water partition coefficient (Wildman–Crippen LogP) is 2.26. The van der Waals surface area contributed by atoms with E-state index in [4.69, 9.17) is 16.3 Å². The first kappa shape index (κ1) is 9.36. The SMILES string of the molecule is COc1cc(-c2nnc(Cl)s2)ccn1. The van der Waals surface area contributed by atoms with Gasteiger partial charge in [0, 0.05) is 17.8 Å². The summed E-state index contributed by atoms with van der Waals surface area (Å²) in [5.74, 6) is 0.550. The molecule has 0 fully saturated rings. The van der Waals surface area contributed by atoms with Crippen molar-refractivity contribution in [2.24, 2.45) is 0 Å². The van der Waals surface area contributed by atoms with Crippen molar-refractivity contribution in [1.82, 2.24) is 15.2 Å². The number of halogens is 1. The Bertz CT molecular complexity index is 446. The van der Waals surface area contributed by atoms with Crippen LogP contribution in [0.3, 0.4) is 0 Å². The van der Waals surface area contributed by atoms with Crippen molar-refractivity contribution in [3.8, 4) is 16.5 Å². The third-order valence-corrected chi connectivity index (χ3v) is 2.66. The summed E-state index contributed by atoms with van der Waals surface area (Å²) in [6, 6.07) is 3.62. The summed E-state index contributed by atoms with van der Waals surface area (Å²) in [6.07, 6.45) is 1.66. The average molecular weight is 228 g/mol. The van der Waals surface area contributed by atoms with E-state index in [0.29, 0.717) is 10.3 Å². The first-order valence-corrected chi connectivity index (χ1v) is 4.98. The molecule has 0 radical (unpaired) electrons. The van der Waals surface area contributed by atoms with Crippen LogP contribution in [0.5, 0.6) is 5.88 Å². The molecule has 0 saturated carbocycles. The van der Waals surface area contributed by atoms with Crippen molar-refractivity contribution in [3.63, 3.8) is 0 Å². The molecule has 0 spiro atoms. The minimum atomic E-state index is 0.427. The van der Waals surface area contributed by atoms with Crippen LogP contribution in [0.25, 0.3) is 10.6 Å². The van der Waals surface area contributed by atoms with Crippen molar-refractivity contribution in [2.75, 3.05) is 7.11 Å². The van der Waals surface area contributed by atoms with E-state index >= 15 is 0 Å². The molecule has 2 heterocycles. The topological polar surface area (TPSA) is 47.9 Å². The summed E-state index contributed by atoms with van der Waals surface area (Å²) in [5, 5.41) is 8.40. The average Bonchev–Trinajstić information content (AvgIpc) is 2.65. The zero-order chi connectivity index (χ0) is 9.97. The second-order valence-electron chi connectivity index (χ2n) is 2.45. The number of nitrogens with zero attached hydrogens (tertiary/aromatic N) is 3. The molecular formula is C8H6ClN3OS. The van der Waals surface area contributed by atoms with Gasteiger partial charge in [0.2, 0.25) is 10.3 Å². The second kappa shape index (κ2) is 3.89. The Balaban J connectivity index is 2.41. The fourth-order valence-corrected chi connectivity index (χ4v) is 1.80. The molecule has 0 aliphatic carbocycles. The van der Waals surface area contributed by atoms with Gasteiger partial charge in [0.25, 0.3) is 0 Å². The molecule has 0 N–H and O–H groups in total. The van der Waals surface area contributed by atoms with Gasteiger partial charge in [0.15, 0.2) is 0 Å². The van der Waals surface area contributed by atoms with Crippen LogP contribution in [-0.4, -0.2) is 22.3 Å². The van der Waals surface area contributed by atoms with Gasteiger partial charge in [-0.25, -0.2) is 4.98 Å². The summed E-state index contributed by atoms with van der Waals surface area (Å²) in [4.78, 5) is 3.99. The van der Waals surface area contributed by atoms with Crippen LogP contribution in [0.1, 0.15) is 0 Å². The molecular weight excluding hydrogens is 222 g/mol. The molecule has 0 atom stereocenters. The number of pyridine rings is 1. The monoisotopic (exact) mass is 227 g/mol. The second-order valence-corrected chi connectivity index (χ2v) is 4.01. The first-order chi connectivity index (χ1) is 6.79. The van der Waals surface area contributed by atoms with E-state index in [1.54, 1.807) is 19.4 Å². The minimum absolute atomic E-state index is 0.427.